The van der Waals surface area contributed by atoms with Crippen LogP contribution < -0.4 is 0 Å². The number of ether oxygens (including phenoxy) is 2. The van der Waals surface area contributed by atoms with E-state index >= 15 is 0 Å². The Bertz CT molecular complexity index is 684. The first-order valence-electron chi connectivity index (χ1n) is 7.57. The third-order valence-corrected chi connectivity index (χ3v) is 3.70. The zero-order chi connectivity index (χ0) is 19.3. The van der Waals surface area contributed by atoms with Crippen molar-refractivity contribution >= 4 is 23.3 Å². The summed E-state index contributed by atoms with van der Waals surface area (Å²) in [5, 5.41) is 18.6. The van der Waals surface area contributed by atoms with Crippen molar-refractivity contribution in [2.75, 3.05) is 6.61 Å². The van der Waals surface area contributed by atoms with Gasteiger partial charge in [-0.1, -0.05) is 0 Å². The molecule has 1 aromatic carbocycles. The molecule has 0 fully saturated rings. The van der Waals surface area contributed by atoms with Crippen LogP contribution in [-0.2, 0) is 19.1 Å². The Labute approximate surface area is 145 Å². The molecule has 25 heavy (non-hydrogen) atoms. The second-order valence-corrected chi connectivity index (χ2v) is 5.90. The number of nitro benzene ring substituents is 1. The van der Waals surface area contributed by atoms with Gasteiger partial charge in [0.05, 0.1) is 17.2 Å². The molecule has 0 aliphatic carbocycles. The van der Waals surface area contributed by atoms with Crippen molar-refractivity contribution < 1.29 is 24.0 Å². The van der Waals surface area contributed by atoms with Crippen molar-refractivity contribution in [2.24, 2.45) is 15.6 Å². The molecule has 1 unspecified atom stereocenters. The quantitative estimate of drug-likeness (QED) is 0.320. The number of carbonyl (C=O) groups excluding carboxylic acids is 2. The van der Waals surface area contributed by atoms with Crippen LogP contribution in [0.5, 0.6) is 0 Å². The van der Waals surface area contributed by atoms with Gasteiger partial charge in [-0.2, -0.15) is 5.11 Å². The Balaban J connectivity index is 3.19. The Morgan fingerprint density at radius 1 is 1.20 bits per heavy atom. The van der Waals surface area contributed by atoms with Crippen LogP contribution in [0.4, 0.5) is 11.4 Å². The summed E-state index contributed by atoms with van der Waals surface area (Å²) in [5.41, 5.74) is -2.71. The number of rotatable bonds is 7. The number of carbonyl (C=O) groups is 2. The van der Waals surface area contributed by atoms with Crippen molar-refractivity contribution in [3.05, 3.63) is 34.4 Å². The van der Waals surface area contributed by atoms with E-state index in [0.717, 1.165) is 0 Å². The third kappa shape index (κ3) is 4.82. The SMILES string of the molecule is CCOC(=O)C(C)(C)C(C)(N=Nc1ccc([N+](=O)[O-])cc1)OC(C)=O. The highest BCUT2D eigenvalue weighted by Gasteiger charge is 2.51. The summed E-state index contributed by atoms with van der Waals surface area (Å²) in [6.07, 6.45) is 0. The lowest BCUT2D eigenvalue weighted by molar-refractivity contribution is -0.384. The molecule has 0 spiro atoms. The summed E-state index contributed by atoms with van der Waals surface area (Å²) in [7, 11) is 0. The highest BCUT2D eigenvalue weighted by molar-refractivity contribution is 5.78. The van der Waals surface area contributed by atoms with Crippen LogP contribution in [0.3, 0.4) is 0 Å². The maximum atomic E-state index is 12.2. The minimum Gasteiger partial charge on any atom is -0.465 e. The minimum absolute atomic E-state index is 0.0893. The first kappa shape index (κ1) is 20.2. The summed E-state index contributed by atoms with van der Waals surface area (Å²) >= 11 is 0. The van der Waals surface area contributed by atoms with Crippen LogP contribution >= 0.6 is 0 Å². The van der Waals surface area contributed by atoms with Gasteiger partial charge in [0.15, 0.2) is 0 Å². The molecule has 0 saturated carbocycles. The third-order valence-electron chi connectivity index (χ3n) is 3.70. The van der Waals surface area contributed by atoms with Crippen LogP contribution in [0.25, 0.3) is 0 Å². The van der Waals surface area contributed by atoms with Gasteiger partial charge in [0.25, 0.3) is 5.69 Å². The molecule has 9 nitrogen and oxygen atoms in total. The van der Waals surface area contributed by atoms with E-state index in [1.807, 2.05) is 0 Å². The van der Waals surface area contributed by atoms with Crippen molar-refractivity contribution in [1.29, 1.82) is 0 Å². The lowest BCUT2D eigenvalue weighted by atomic mass is 9.82. The average molecular weight is 351 g/mol. The van der Waals surface area contributed by atoms with Crippen molar-refractivity contribution in [1.82, 2.24) is 0 Å². The van der Waals surface area contributed by atoms with Gasteiger partial charge in [0.2, 0.25) is 5.72 Å². The van der Waals surface area contributed by atoms with Crippen LogP contribution in [-0.4, -0.2) is 29.2 Å². The number of azo groups is 1. The number of non-ortho nitro benzene ring substituents is 1. The molecule has 0 aliphatic rings. The zero-order valence-corrected chi connectivity index (χ0v) is 14.8. The fourth-order valence-corrected chi connectivity index (χ4v) is 1.85. The summed E-state index contributed by atoms with van der Waals surface area (Å²) in [4.78, 5) is 33.8. The second-order valence-electron chi connectivity index (χ2n) is 5.90. The standard InChI is InChI=1S/C16H21N3O6/c1-6-24-14(21)15(3,4)16(5,25-11(2)20)18-17-12-7-9-13(10-8-12)19(22)23/h7-10H,6H2,1-5H3. The molecule has 0 aromatic heterocycles. The Morgan fingerprint density at radius 3 is 2.20 bits per heavy atom. The van der Waals surface area contributed by atoms with Gasteiger partial charge in [-0.15, -0.1) is 5.11 Å². The van der Waals surface area contributed by atoms with Gasteiger partial charge in [0.1, 0.15) is 5.41 Å². The largest absolute Gasteiger partial charge is 0.465 e. The highest BCUT2D eigenvalue weighted by atomic mass is 16.6. The fourth-order valence-electron chi connectivity index (χ4n) is 1.85. The fraction of sp³-hybridized carbons (Fsp3) is 0.500. The van der Waals surface area contributed by atoms with Gasteiger partial charge in [-0.3, -0.25) is 19.7 Å². The zero-order valence-electron chi connectivity index (χ0n) is 14.8. The van der Waals surface area contributed by atoms with E-state index in [2.05, 4.69) is 10.2 Å². The number of hydrogen-bond donors (Lipinski definition) is 0. The van der Waals surface area contributed by atoms with E-state index in [0.29, 0.717) is 5.69 Å². The number of hydrogen-bond acceptors (Lipinski definition) is 8. The number of nitro groups is 1. The molecule has 0 amide bonds. The molecule has 1 atom stereocenters. The van der Waals surface area contributed by atoms with Gasteiger partial charge in [-0.25, -0.2) is 0 Å². The topological polar surface area (TPSA) is 120 Å². The van der Waals surface area contributed by atoms with E-state index in [1.165, 1.54) is 52.0 Å². The van der Waals surface area contributed by atoms with Gasteiger partial charge >= 0.3 is 11.9 Å². The lowest BCUT2D eigenvalue weighted by Crippen LogP contribution is -2.49. The maximum absolute atomic E-state index is 12.2. The minimum atomic E-state index is -1.62. The number of esters is 2. The molecular formula is C16H21N3O6. The van der Waals surface area contributed by atoms with E-state index in [4.69, 9.17) is 9.47 Å². The second kappa shape index (κ2) is 7.82. The highest BCUT2D eigenvalue weighted by Crippen LogP contribution is 2.38. The molecule has 0 heterocycles. The van der Waals surface area contributed by atoms with Crippen molar-refractivity contribution in [3.8, 4) is 0 Å². The van der Waals surface area contributed by atoms with Crippen molar-refractivity contribution in [3.63, 3.8) is 0 Å². The van der Waals surface area contributed by atoms with Crippen molar-refractivity contribution in [2.45, 2.75) is 40.3 Å². The predicted octanol–water partition coefficient (Wildman–Crippen LogP) is 3.55. The molecule has 1 rings (SSSR count). The lowest BCUT2D eigenvalue weighted by Gasteiger charge is -2.36. The molecule has 136 valence electrons. The van der Waals surface area contributed by atoms with Gasteiger partial charge in [-0.05, 0) is 39.8 Å². The monoisotopic (exact) mass is 351 g/mol. The smallest absolute Gasteiger partial charge is 0.317 e. The predicted molar refractivity (Wildman–Crippen MR) is 88.2 cm³/mol. The molecule has 9 heteroatoms. The first-order chi connectivity index (χ1) is 11.5. The molecule has 1 aromatic rings. The van der Waals surface area contributed by atoms with E-state index in [-0.39, 0.29) is 12.3 Å². The molecule has 0 bridgehead atoms. The number of benzene rings is 1. The maximum Gasteiger partial charge on any atom is 0.317 e. The number of nitrogens with zero attached hydrogens (tertiary/aromatic N) is 3. The summed E-state index contributed by atoms with van der Waals surface area (Å²) in [6, 6.07) is 5.34. The van der Waals surface area contributed by atoms with Crippen LogP contribution in [0.1, 0.15) is 34.6 Å². The van der Waals surface area contributed by atoms with Crippen LogP contribution in [0, 0.1) is 15.5 Å². The Kier molecular flexibility index (Phi) is 6.32. The first-order valence-corrected chi connectivity index (χ1v) is 7.57. The van der Waals surface area contributed by atoms with Crippen LogP contribution in [0.2, 0.25) is 0 Å². The van der Waals surface area contributed by atoms with Gasteiger partial charge in [0, 0.05) is 19.1 Å². The average Bonchev–Trinajstić information content (AvgIpc) is 2.52. The van der Waals surface area contributed by atoms with E-state index in [1.54, 1.807) is 6.92 Å². The summed E-state index contributed by atoms with van der Waals surface area (Å²) in [5.74, 6) is -1.23. The van der Waals surface area contributed by atoms with Crippen LogP contribution in [0.15, 0.2) is 34.5 Å². The molecule has 0 saturated heterocycles. The summed E-state index contributed by atoms with van der Waals surface area (Å²) in [6.45, 7) is 7.53. The van der Waals surface area contributed by atoms with E-state index in [9.17, 15) is 19.7 Å². The summed E-state index contributed by atoms with van der Waals surface area (Å²) < 4.78 is 10.3. The molecular weight excluding hydrogens is 330 g/mol. The van der Waals surface area contributed by atoms with E-state index < -0.39 is 28.0 Å². The molecule has 0 N–H and O–H groups in total. The Morgan fingerprint density at radius 2 is 1.76 bits per heavy atom. The molecule has 0 aliphatic heterocycles. The normalized spacial score (nSPS) is 14.0. The molecule has 0 radical (unpaired) electrons. The Hall–Kier alpha value is -2.84. The van der Waals surface area contributed by atoms with Gasteiger partial charge < -0.3 is 9.47 Å².